The molecule has 1 N–H and O–H groups in total. The predicted molar refractivity (Wildman–Crippen MR) is 33.3 cm³/mol. The summed E-state index contributed by atoms with van der Waals surface area (Å²) in [5.41, 5.74) is 0. The molecule has 0 rings (SSSR count). The molecule has 0 atom stereocenters. The third-order valence-electron chi connectivity index (χ3n) is 1.00. The fourth-order valence-electron chi connectivity index (χ4n) is 0.608. The highest BCUT2D eigenvalue weighted by molar-refractivity contribution is 4.77. The summed E-state index contributed by atoms with van der Waals surface area (Å²) in [6.45, 7) is 1.36. The van der Waals surface area contributed by atoms with Crippen LogP contribution in [0, 0.1) is 0 Å². The predicted octanol–water partition coefficient (Wildman–Crippen LogP) is 2.22. The second-order valence-corrected chi connectivity index (χ2v) is 3.03. The van der Waals surface area contributed by atoms with Crippen LogP contribution in [0.3, 0.4) is 0 Å². The van der Waals surface area contributed by atoms with Gasteiger partial charge in [0.25, 0.3) is 6.10 Å². The summed E-state index contributed by atoms with van der Waals surface area (Å²) in [5, 5.41) is 8.69. The molecule has 0 saturated carbocycles. The maximum atomic E-state index is 11.8. The van der Waals surface area contributed by atoms with E-state index in [2.05, 4.69) is 4.74 Å². The second-order valence-electron chi connectivity index (χ2n) is 3.03. The van der Waals surface area contributed by atoms with Crippen LogP contribution >= 0.6 is 0 Å². The number of hydrogen-bond donors (Lipinski definition) is 1. The summed E-state index contributed by atoms with van der Waals surface area (Å²) in [4.78, 5) is 0. The van der Waals surface area contributed by atoms with Gasteiger partial charge in [-0.2, -0.15) is 26.3 Å². The van der Waals surface area contributed by atoms with Gasteiger partial charge in [0, 0.05) is 0 Å². The van der Waals surface area contributed by atoms with Crippen molar-refractivity contribution in [2.45, 2.75) is 38.1 Å². The van der Waals surface area contributed by atoms with Gasteiger partial charge in [0.2, 0.25) is 0 Å². The van der Waals surface area contributed by atoms with E-state index in [1.165, 1.54) is 0 Å². The molecule has 0 bridgehead atoms. The van der Waals surface area contributed by atoms with Crippen LogP contribution in [0.1, 0.15) is 13.8 Å². The van der Waals surface area contributed by atoms with Crippen molar-refractivity contribution >= 4 is 0 Å². The molecule has 8 heteroatoms. The Kier molecular flexibility index (Phi) is 3.45. The molecule has 0 aliphatic rings. The lowest BCUT2D eigenvalue weighted by atomic mass is 10.3. The molecule has 0 heterocycles. The lowest BCUT2D eigenvalue weighted by molar-refractivity contribution is -0.367. The topological polar surface area (TPSA) is 29.5 Å². The summed E-state index contributed by atoms with van der Waals surface area (Å²) in [7, 11) is 0. The average Bonchev–Trinajstić information content (AvgIpc) is 1.75. The Balaban J connectivity index is 4.78. The van der Waals surface area contributed by atoms with Gasteiger partial charge >= 0.3 is 12.4 Å². The van der Waals surface area contributed by atoms with Crippen LogP contribution in [0.15, 0.2) is 0 Å². The van der Waals surface area contributed by atoms with E-state index in [0.717, 1.165) is 0 Å². The van der Waals surface area contributed by atoms with Gasteiger partial charge in [-0.15, -0.1) is 0 Å². The Bertz CT molecular complexity index is 174. The van der Waals surface area contributed by atoms with E-state index >= 15 is 0 Å². The van der Waals surface area contributed by atoms with Gasteiger partial charge in [0.15, 0.2) is 5.79 Å². The molecule has 0 aliphatic carbocycles. The standard InChI is InChI=1S/C6H8F6O2/c1-4(2,13)14-3(5(7,8)9)6(10,11)12/h3,13H,1-2H3. The fraction of sp³-hybridized carbons (Fsp3) is 1.00. The highest BCUT2D eigenvalue weighted by Crippen LogP contribution is 2.37. The molecule has 0 spiro atoms. The Morgan fingerprint density at radius 2 is 1.21 bits per heavy atom. The SMILES string of the molecule is CC(C)(O)OC(C(F)(F)F)C(F)(F)F. The normalized spacial score (nSPS) is 15.0. The number of alkyl halides is 6. The van der Waals surface area contributed by atoms with Gasteiger partial charge < -0.3 is 9.84 Å². The average molecular weight is 226 g/mol. The quantitative estimate of drug-likeness (QED) is 0.577. The Morgan fingerprint density at radius 3 is 1.29 bits per heavy atom. The van der Waals surface area contributed by atoms with Crippen molar-refractivity contribution in [3.8, 4) is 0 Å². The van der Waals surface area contributed by atoms with E-state index in [0.29, 0.717) is 13.8 Å². The molecule has 0 radical (unpaired) electrons. The number of hydrogen-bond acceptors (Lipinski definition) is 2. The maximum absolute atomic E-state index is 11.8. The molecule has 0 saturated heterocycles. The van der Waals surface area contributed by atoms with E-state index < -0.39 is 24.2 Å². The fourth-order valence-corrected chi connectivity index (χ4v) is 0.608. The lowest BCUT2D eigenvalue weighted by Gasteiger charge is -2.29. The van der Waals surface area contributed by atoms with Crippen molar-refractivity contribution < 1.29 is 36.2 Å². The summed E-state index contributed by atoms with van der Waals surface area (Å²) in [6, 6.07) is 0. The van der Waals surface area contributed by atoms with Crippen LogP contribution in [0.5, 0.6) is 0 Å². The maximum Gasteiger partial charge on any atom is 0.423 e. The molecule has 0 unspecified atom stereocenters. The number of halogens is 6. The van der Waals surface area contributed by atoms with Gasteiger partial charge in [-0.05, 0) is 13.8 Å². The summed E-state index contributed by atoms with van der Waals surface area (Å²) >= 11 is 0. The first kappa shape index (κ1) is 13.5. The Morgan fingerprint density at radius 1 is 0.929 bits per heavy atom. The minimum atomic E-state index is -5.60. The zero-order valence-electron chi connectivity index (χ0n) is 7.20. The van der Waals surface area contributed by atoms with Crippen molar-refractivity contribution in [1.29, 1.82) is 0 Å². The summed E-state index contributed by atoms with van der Waals surface area (Å²) in [5.74, 6) is -2.50. The van der Waals surface area contributed by atoms with E-state index in [-0.39, 0.29) is 0 Å². The van der Waals surface area contributed by atoms with E-state index in [1.54, 1.807) is 0 Å². The number of aliphatic hydroxyl groups is 1. The van der Waals surface area contributed by atoms with Gasteiger partial charge in [0.1, 0.15) is 0 Å². The third kappa shape index (κ3) is 4.66. The number of ether oxygens (including phenoxy) is 1. The lowest BCUT2D eigenvalue weighted by Crippen LogP contribution is -2.48. The third-order valence-corrected chi connectivity index (χ3v) is 1.00. The van der Waals surface area contributed by atoms with Gasteiger partial charge in [0.05, 0.1) is 0 Å². The van der Waals surface area contributed by atoms with Crippen LogP contribution < -0.4 is 0 Å². The van der Waals surface area contributed by atoms with Crippen LogP contribution in [0.2, 0.25) is 0 Å². The van der Waals surface area contributed by atoms with Crippen molar-refractivity contribution in [3.05, 3.63) is 0 Å². The van der Waals surface area contributed by atoms with Crippen LogP contribution in [-0.4, -0.2) is 29.4 Å². The van der Waals surface area contributed by atoms with Crippen LogP contribution in [0.4, 0.5) is 26.3 Å². The minimum Gasteiger partial charge on any atom is -0.366 e. The molecule has 2 nitrogen and oxygen atoms in total. The highest BCUT2D eigenvalue weighted by atomic mass is 19.4. The highest BCUT2D eigenvalue weighted by Gasteiger charge is 2.59. The van der Waals surface area contributed by atoms with Gasteiger partial charge in [-0.1, -0.05) is 0 Å². The molecule has 14 heavy (non-hydrogen) atoms. The van der Waals surface area contributed by atoms with Gasteiger partial charge in [-0.25, -0.2) is 0 Å². The molecule has 86 valence electrons. The van der Waals surface area contributed by atoms with E-state index in [9.17, 15) is 26.3 Å². The van der Waals surface area contributed by atoms with Crippen LogP contribution in [0.25, 0.3) is 0 Å². The zero-order valence-corrected chi connectivity index (χ0v) is 7.20. The smallest absolute Gasteiger partial charge is 0.366 e. The van der Waals surface area contributed by atoms with Gasteiger partial charge in [-0.3, -0.25) is 0 Å². The molecular weight excluding hydrogens is 218 g/mol. The molecule has 0 fully saturated rings. The molecular formula is C6H8F6O2. The Labute approximate surface area is 75.5 Å². The van der Waals surface area contributed by atoms with Crippen LogP contribution in [-0.2, 0) is 4.74 Å². The van der Waals surface area contributed by atoms with Crippen molar-refractivity contribution in [2.24, 2.45) is 0 Å². The van der Waals surface area contributed by atoms with E-state index in [1.807, 2.05) is 0 Å². The molecule has 0 aromatic carbocycles. The second kappa shape index (κ2) is 3.58. The Hall–Kier alpha value is -0.500. The monoisotopic (exact) mass is 226 g/mol. The first-order chi connectivity index (χ1) is 5.84. The van der Waals surface area contributed by atoms with Crippen molar-refractivity contribution in [3.63, 3.8) is 0 Å². The molecule has 0 aromatic heterocycles. The first-order valence-electron chi connectivity index (χ1n) is 3.37. The molecule has 0 aliphatic heterocycles. The number of rotatable bonds is 2. The molecule has 0 aromatic rings. The summed E-state index contributed by atoms with van der Waals surface area (Å²) < 4.78 is 74.2. The minimum absolute atomic E-state index is 0.678. The van der Waals surface area contributed by atoms with E-state index in [4.69, 9.17) is 5.11 Å². The van der Waals surface area contributed by atoms with Crippen molar-refractivity contribution in [1.82, 2.24) is 0 Å². The largest absolute Gasteiger partial charge is 0.423 e. The zero-order chi connectivity index (χ0) is 11.8. The molecule has 0 amide bonds. The first-order valence-corrected chi connectivity index (χ1v) is 3.37. The summed E-state index contributed by atoms with van der Waals surface area (Å²) in [6.07, 6.45) is -15.2. The van der Waals surface area contributed by atoms with Crippen molar-refractivity contribution in [2.75, 3.05) is 0 Å².